The van der Waals surface area contributed by atoms with Crippen molar-refractivity contribution < 1.29 is 18.7 Å². The molecule has 3 aromatic rings. The fourth-order valence-corrected chi connectivity index (χ4v) is 3.17. The van der Waals surface area contributed by atoms with Crippen LogP contribution < -0.4 is 0 Å². The number of halogens is 1. The highest BCUT2D eigenvalue weighted by Gasteiger charge is 2.22. The molecule has 4 rings (SSSR count). The zero-order valence-corrected chi connectivity index (χ0v) is 17.3. The maximum absolute atomic E-state index is 12.3. The fraction of sp³-hybridized carbons (Fsp3) is 0.227. The van der Waals surface area contributed by atoms with E-state index in [-0.39, 0.29) is 31.2 Å². The van der Waals surface area contributed by atoms with Crippen molar-refractivity contribution in [3.63, 3.8) is 0 Å². The molecule has 0 fully saturated rings. The Morgan fingerprint density at radius 1 is 1.00 bits per heavy atom. The van der Waals surface area contributed by atoms with Gasteiger partial charge in [-0.2, -0.15) is 5.10 Å². The third-order valence-corrected chi connectivity index (χ3v) is 4.91. The summed E-state index contributed by atoms with van der Waals surface area (Å²) in [6.07, 6.45) is 0.654. The Labute approximate surface area is 183 Å². The van der Waals surface area contributed by atoms with E-state index in [0.717, 1.165) is 11.3 Å². The first kappa shape index (κ1) is 20.7. The molecule has 8 nitrogen and oxygen atoms in total. The van der Waals surface area contributed by atoms with Crippen LogP contribution in [0.25, 0.3) is 11.5 Å². The van der Waals surface area contributed by atoms with Gasteiger partial charge in [0.1, 0.15) is 0 Å². The van der Waals surface area contributed by atoms with Crippen molar-refractivity contribution in [2.75, 3.05) is 6.54 Å². The van der Waals surface area contributed by atoms with Crippen LogP contribution in [0.15, 0.2) is 64.1 Å². The highest BCUT2D eigenvalue weighted by molar-refractivity contribution is 6.30. The number of carbonyl (C=O) groups excluding carboxylic acids is 2. The summed E-state index contributed by atoms with van der Waals surface area (Å²) in [5.41, 5.74) is 2.57. The molecular weight excluding hydrogens is 420 g/mol. The second-order valence-electron chi connectivity index (χ2n) is 6.85. The van der Waals surface area contributed by atoms with Gasteiger partial charge in [-0.15, -0.1) is 10.2 Å². The van der Waals surface area contributed by atoms with Gasteiger partial charge in [-0.25, -0.2) is 5.01 Å². The number of nitrogens with zero attached hydrogens (tertiary/aromatic N) is 4. The van der Waals surface area contributed by atoms with Gasteiger partial charge in [0.2, 0.25) is 11.8 Å². The molecule has 0 unspecified atom stereocenters. The van der Waals surface area contributed by atoms with Gasteiger partial charge in [-0.3, -0.25) is 9.59 Å². The number of aromatic nitrogens is 2. The molecule has 1 aromatic heterocycles. The number of rotatable bonds is 7. The van der Waals surface area contributed by atoms with Crippen LogP contribution in [0, 0.1) is 0 Å². The molecule has 1 aliphatic rings. The fourth-order valence-electron chi connectivity index (χ4n) is 3.04. The molecule has 158 valence electrons. The van der Waals surface area contributed by atoms with Crippen LogP contribution in [-0.4, -0.2) is 39.3 Å². The van der Waals surface area contributed by atoms with Crippen LogP contribution >= 0.6 is 11.6 Å². The smallest absolute Gasteiger partial charge is 0.306 e. The predicted molar refractivity (Wildman–Crippen MR) is 113 cm³/mol. The monoisotopic (exact) mass is 438 g/mol. The summed E-state index contributed by atoms with van der Waals surface area (Å²) in [6, 6.07) is 16.6. The minimum absolute atomic E-state index is 0.0181. The van der Waals surface area contributed by atoms with Crippen molar-refractivity contribution in [2.45, 2.75) is 25.9 Å². The van der Waals surface area contributed by atoms with Crippen molar-refractivity contribution in [2.24, 2.45) is 5.10 Å². The van der Waals surface area contributed by atoms with E-state index < -0.39 is 5.97 Å². The first-order valence-corrected chi connectivity index (χ1v) is 10.1. The Balaban J connectivity index is 1.23. The Bertz CT molecular complexity index is 1100. The molecule has 2 heterocycles. The molecule has 0 bridgehead atoms. The molecule has 0 atom stereocenters. The Morgan fingerprint density at radius 3 is 2.55 bits per heavy atom. The quantitative estimate of drug-likeness (QED) is 0.519. The van der Waals surface area contributed by atoms with E-state index in [1.165, 1.54) is 5.01 Å². The summed E-state index contributed by atoms with van der Waals surface area (Å²) >= 11 is 5.86. The lowest BCUT2D eigenvalue weighted by atomic mass is 10.1. The van der Waals surface area contributed by atoms with E-state index in [1.807, 2.05) is 30.3 Å². The van der Waals surface area contributed by atoms with Gasteiger partial charge in [0.15, 0.2) is 6.61 Å². The second kappa shape index (κ2) is 9.53. The molecule has 0 spiro atoms. The standard InChI is InChI=1S/C22H19ClN4O4/c23-17-8-6-16(7-9-17)22-25-24-19(31-22)14-30-21(29)11-10-20(28)27-13-12-18(26-27)15-4-2-1-3-5-15/h1-9H,10-14H2. The third kappa shape index (κ3) is 5.35. The zero-order chi connectivity index (χ0) is 21.6. The van der Waals surface area contributed by atoms with Gasteiger partial charge in [0.25, 0.3) is 5.89 Å². The average molecular weight is 439 g/mol. The summed E-state index contributed by atoms with van der Waals surface area (Å²) in [7, 11) is 0. The van der Waals surface area contributed by atoms with E-state index in [0.29, 0.717) is 29.4 Å². The second-order valence-corrected chi connectivity index (χ2v) is 7.28. The van der Waals surface area contributed by atoms with Crippen molar-refractivity contribution in [1.82, 2.24) is 15.2 Å². The van der Waals surface area contributed by atoms with Crippen molar-refractivity contribution in [3.05, 3.63) is 71.1 Å². The Hall–Kier alpha value is -3.52. The van der Waals surface area contributed by atoms with Crippen LogP contribution in [0.5, 0.6) is 0 Å². The number of hydrazone groups is 1. The number of ether oxygens (including phenoxy) is 1. The first-order valence-electron chi connectivity index (χ1n) is 9.76. The summed E-state index contributed by atoms with van der Waals surface area (Å²) in [5.74, 6) is -0.267. The summed E-state index contributed by atoms with van der Waals surface area (Å²) in [4.78, 5) is 24.3. The lowest BCUT2D eigenvalue weighted by molar-refractivity contribution is -0.147. The minimum atomic E-state index is -0.522. The largest absolute Gasteiger partial charge is 0.456 e. The molecule has 0 aliphatic carbocycles. The van der Waals surface area contributed by atoms with Crippen LogP contribution in [-0.2, 0) is 20.9 Å². The van der Waals surface area contributed by atoms with Crippen LogP contribution in [0.4, 0.5) is 0 Å². The maximum Gasteiger partial charge on any atom is 0.306 e. The van der Waals surface area contributed by atoms with E-state index in [9.17, 15) is 9.59 Å². The van der Waals surface area contributed by atoms with E-state index in [4.69, 9.17) is 20.8 Å². The molecule has 9 heteroatoms. The van der Waals surface area contributed by atoms with Crippen LogP contribution in [0.1, 0.15) is 30.7 Å². The molecule has 1 amide bonds. The number of carbonyl (C=O) groups is 2. The molecule has 0 saturated heterocycles. The highest BCUT2D eigenvalue weighted by Crippen LogP contribution is 2.20. The molecule has 0 N–H and O–H groups in total. The molecular formula is C22H19ClN4O4. The normalized spacial score (nSPS) is 13.2. The predicted octanol–water partition coefficient (Wildman–Crippen LogP) is 3.85. The topological polar surface area (TPSA) is 97.9 Å². The molecule has 1 aliphatic heterocycles. The van der Waals surface area contributed by atoms with Gasteiger partial charge in [0, 0.05) is 23.4 Å². The summed E-state index contributed by atoms with van der Waals surface area (Å²) in [5, 5.41) is 14.2. The molecule has 0 radical (unpaired) electrons. The van der Waals surface area contributed by atoms with Gasteiger partial charge < -0.3 is 9.15 Å². The first-order chi connectivity index (χ1) is 15.1. The summed E-state index contributed by atoms with van der Waals surface area (Å²) in [6.45, 7) is 0.348. The third-order valence-electron chi connectivity index (χ3n) is 4.65. The zero-order valence-electron chi connectivity index (χ0n) is 16.5. The van der Waals surface area contributed by atoms with Crippen molar-refractivity contribution in [1.29, 1.82) is 0 Å². The number of hydrogen-bond acceptors (Lipinski definition) is 7. The highest BCUT2D eigenvalue weighted by atomic mass is 35.5. The summed E-state index contributed by atoms with van der Waals surface area (Å²) < 4.78 is 10.6. The number of esters is 1. The van der Waals surface area contributed by atoms with E-state index >= 15 is 0 Å². The minimum Gasteiger partial charge on any atom is -0.456 e. The molecule has 2 aromatic carbocycles. The van der Waals surface area contributed by atoms with E-state index in [2.05, 4.69) is 15.3 Å². The number of hydrogen-bond donors (Lipinski definition) is 0. The lowest BCUT2D eigenvalue weighted by Gasteiger charge is -2.10. The van der Waals surface area contributed by atoms with Gasteiger partial charge in [-0.1, -0.05) is 41.9 Å². The van der Waals surface area contributed by atoms with Gasteiger partial charge >= 0.3 is 5.97 Å². The van der Waals surface area contributed by atoms with Crippen molar-refractivity contribution in [3.8, 4) is 11.5 Å². The van der Waals surface area contributed by atoms with Crippen molar-refractivity contribution >= 4 is 29.2 Å². The van der Waals surface area contributed by atoms with Gasteiger partial charge in [0.05, 0.1) is 18.7 Å². The van der Waals surface area contributed by atoms with Crippen LogP contribution in [0.3, 0.4) is 0 Å². The maximum atomic E-state index is 12.3. The molecule has 31 heavy (non-hydrogen) atoms. The number of benzene rings is 2. The lowest BCUT2D eigenvalue weighted by Crippen LogP contribution is -2.24. The van der Waals surface area contributed by atoms with E-state index in [1.54, 1.807) is 24.3 Å². The molecule has 0 saturated carbocycles. The SMILES string of the molecule is O=C(CCC(=O)N1CCC(c2ccccc2)=N1)OCc1nnc(-c2ccc(Cl)cc2)o1. The van der Waals surface area contributed by atoms with Crippen LogP contribution in [0.2, 0.25) is 5.02 Å². The Morgan fingerprint density at radius 2 is 1.77 bits per heavy atom. The number of amides is 1. The van der Waals surface area contributed by atoms with Gasteiger partial charge in [-0.05, 0) is 29.8 Å². The average Bonchev–Trinajstić information content (AvgIpc) is 3.47. The Kier molecular flexibility index (Phi) is 6.37.